The maximum Gasteiger partial charge on any atom is 0.294 e. The van der Waals surface area contributed by atoms with Crippen molar-refractivity contribution in [2.45, 2.75) is 6.61 Å². The number of carbonyl (C=O) groups excluding carboxylic acids is 3. The summed E-state index contributed by atoms with van der Waals surface area (Å²) in [5, 5.41) is 4.57. The normalized spacial score (nSPS) is 14.4. The quantitative estimate of drug-likeness (QED) is 0.315. The number of hydrogen-bond acceptors (Lipinski definition) is 5. The summed E-state index contributed by atoms with van der Waals surface area (Å²) < 4.78 is 5.91. The Kier molecular flexibility index (Phi) is 6.82. The molecule has 0 radical (unpaired) electrons. The summed E-state index contributed by atoms with van der Waals surface area (Å²) >= 11 is 0.825. The van der Waals surface area contributed by atoms with Gasteiger partial charge in [0, 0.05) is 5.69 Å². The Morgan fingerprint density at radius 1 is 0.861 bits per heavy atom. The Hall–Kier alpha value is -4.36. The van der Waals surface area contributed by atoms with E-state index in [9.17, 15) is 14.4 Å². The largest absolute Gasteiger partial charge is 0.489 e. The molecule has 0 saturated carbocycles. The van der Waals surface area contributed by atoms with E-state index in [-0.39, 0.29) is 11.4 Å². The summed E-state index contributed by atoms with van der Waals surface area (Å²) in [4.78, 5) is 38.6. The van der Waals surface area contributed by atoms with Gasteiger partial charge in [0.15, 0.2) is 0 Å². The van der Waals surface area contributed by atoms with E-state index in [4.69, 9.17) is 4.74 Å². The highest BCUT2D eigenvalue weighted by Crippen LogP contribution is 2.32. The molecule has 0 spiro atoms. The predicted octanol–water partition coefficient (Wildman–Crippen LogP) is 6.09. The SMILES string of the molecule is O=C(CN1C(=O)SC(=Cc2ccc(OCc3ccc4ccccc4c3)cc2)C1=O)Nc1ccccc1. The van der Waals surface area contributed by atoms with Gasteiger partial charge >= 0.3 is 0 Å². The number of ether oxygens (including phenoxy) is 1. The van der Waals surface area contributed by atoms with Crippen molar-refractivity contribution >= 4 is 51.4 Å². The predicted molar refractivity (Wildman–Crippen MR) is 142 cm³/mol. The molecule has 0 aromatic heterocycles. The minimum absolute atomic E-state index is 0.275. The van der Waals surface area contributed by atoms with Gasteiger partial charge < -0.3 is 10.1 Å². The van der Waals surface area contributed by atoms with E-state index in [1.807, 2.05) is 48.5 Å². The highest BCUT2D eigenvalue weighted by molar-refractivity contribution is 8.18. The summed E-state index contributed by atoms with van der Waals surface area (Å²) in [7, 11) is 0. The number of rotatable bonds is 7. The van der Waals surface area contributed by atoms with Crippen LogP contribution in [-0.2, 0) is 16.2 Å². The lowest BCUT2D eigenvalue weighted by atomic mass is 10.1. The zero-order valence-electron chi connectivity index (χ0n) is 19.2. The van der Waals surface area contributed by atoms with E-state index >= 15 is 0 Å². The molecule has 36 heavy (non-hydrogen) atoms. The Morgan fingerprint density at radius 2 is 1.58 bits per heavy atom. The zero-order chi connectivity index (χ0) is 24.9. The Morgan fingerprint density at radius 3 is 2.36 bits per heavy atom. The van der Waals surface area contributed by atoms with Crippen LogP contribution in [0.1, 0.15) is 11.1 Å². The van der Waals surface area contributed by atoms with E-state index < -0.39 is 17.1 Å². The van der Waals surface area contributed by atoms with Crippen molar-refractivity contribution in [3.63, 3.8) is 0 Å². The Balaban J connectivity index is 1.19. The maximum atomic E-state index is 12.7. The van der Waals surface area contributed by atoms with Crippen molar-refractivity contribution in [2.75, 3.05) is 11.9 Å². The van der Waals surface area contributed by atoms with Crippen LogP contribution in [0.4, 0.5) is 10.5 Å². The third-order valence-corrected chi connectivity index (χ3v) is 6.54. The third kappa shape index (κ3) is 5.47. The molecule has 1 fully saturated rings. The molecule has 1 aliphatic rings. The number of benzene rings is 4. The molecule has 5 rings (SSSR count). The van der Waals surface area contributed by atoms with Crippen molar-refractivity contribution < 1.29 is 19.1 Å². The molecule has 0 unspecified atom stereocenters. The van der Waals surface area contributed by atoms with E-state index in [0.717, 1.165) is 27.8 Å². The van der Waals surface area contributed by atoms with Crippen LogP contribution in [0, 0.1) is 0 Å². The molecule has 0 bridgehead atoms. The zero-order valence-corrected chi connectivity index (χ0v) is 20.0. The summed E-state index contributed by atoms with van der Waals surface area (Å²) in [5.74, 6) is -0.214. The number of para-hydroxylation sites is 1. The van der Waals surface area contributed by atoms with Gasteiger partial charge in [0.05, 0.1) is 4.91 Å². The fourth-order valence-corrected chi connectivity index (χ4v) is 4.65. The molecule has 1 heterocycles. The second-order valence-electron chi connectivity index (χ2n) is 8.22. The number of anilines is 1. The van der Waals surface area contributed by atoms with Crippen molar-refractivity contribution in [1.29, 1.82) is 0 Å². The second-order valence-corrected chi connectivity index (χ2v) is 9.21. The lowest BCUT2D eigenvalue weighted by Crippen LogP contribution is -2.36. The van der Waals surface area contributed by atoms with Crippen LogP contribution in [0.15, 0.2) is 102 Å². The highest BCUT2D eigenvalue weighted by Gasteiger charge is 2.36. The van der Waals surface area contributed by atoms with E-state index in [0.29, 0.717) is 18.0 Å². The molecule has 1 aliphatic heterocycles. The van der Waals surface area contributed by atoms with Gasteiger partial charge in [0.25, 0.3) is 11.1 Å². The highest BCUT2D eigenvalue weighted by atomic mass is 32.2. The standard InChI is InChI=1S/C29H22N2O4S/c32-27(30-24-8-2-1-3-9-24)18-31-28(33)26(36-29(31)34)17-20-11-14-25(15-12-20)35-19-21-10-13-22-6-4-5-7-23(22)16-21/h1-17H,18-19H2,(H,30,32). The van der Waals surface area contributed by atoms with Gasteiger partial charge in [-0.15, -0.1) is 0 Å². The van der Waals surface area contributed by atoms with Crippen LogP contribution in [0.5, 0.6) is 5.75 Å². The third-order valence-electron chi connectivity index (χ3n) is 5.63. The van der Waals surface area contributed by atoms with Gasteiger partial charge in [-0.1, -0.05) is 66.7 Å². The first-order chi connectivity index (χ1) is 17.5. The van der Waals surface area contributed by atoms with Crippen molar-refractivity contribution in [3.05, 3.63) is 113 Å². The fraction of sp³-hybridized carbons (Fsp3) is 0.0690. The van der Waals surface area contributed by atoms with Crippen LogP contribution in [-0.4, -0.2) is 28.5 Å². The van der Waals surface area contributed by atoms with Crippen LogP contribution in [0.3, 0.4) is 0 Å². The molecule has 178 valence electrons. The Labute approximate surface area is 212 Å². The topological polar surface area (TPSA) is 75.7 Å². The molecule has 6 nitrogen and oxygen atoms in total. The van der Waals surface area contributed by atoms with Crippen molar-refractivity contribution in [2.24, 2.45) is 0 Å². The van der Waals surface area contributed by atoms with E-state index in [1.54, 1.807) is 30.3 Å². The Bertz CT molecular complexity index is 1470. The summed E-state index contributed by atoms with van der Waals surface area (Å²) in [5.41, 5.74) is 2.43. The fourth-order valence-electron chi connectivity index (χ4n) is 3.81. The smallest absolute Gasteiger partial charge is 0.294 e. The number of imide groups is 1. The summed E-state index contributed by atoms with van der Waals surface area (Å²) in [6.07, 6.45) is 1.65. The minimum atomic E-state index is -0.482. The van der Waals surface area contributed by atoms with Crippen LogP contribution in [0.2, 0.25) is 0 Å². The number of carbonyl (C=O) groups is 3. The monoisotopic (exact) mass is 494 g/mol. The van der Waals surface area contributed by atoms with Gasteiger partial charge in [-0.05, 0) is 70.1 Å². The van der Waals surface area contributed by atoms with E-state index in [2.05, 4.69) is 29.6 Å². The van der Waals surface area contributed by atoms with Crippen LogP contribution >= 0.6 is 11.8 Å². The number of nitrogens with zero attached hydrogens (tertiary/aromatic N) is 1. The number of amides is 3. The van der Waals surface area contributed by atoms with Gasteiger partial charge in [-0.25, -0.2) is 0 Å². The summed E-state index contributed by atoms with van der Waals surface area (Å²) in [6, 6.07) is 30.6. The minimum Gasteiger partial charge on any atom is -0.489 e. The maximum absolute atomic E-state index is 12.7. The molecular formula is C29H22N2O4S. The van der Waals surface area contributed by atoms with Crippen molar-refractivity contribution in [3.8, 4) is 5.75 Å². The first-order valence-electron chi connectivity index (χ1n) is 11.4. The molecule has 4 aromatic carbocycles. The second kappa shape index (κ2) is 10.5. The van der Waals surface area contributed by atoms with Gasteiger partial charge in [0.2, 0.25) is 5.91 Å². The number of thioether (sulfide) groups is 1. The van der Waals surface area contributed by atoms with Crippen LogP contribution in [0.25, 0.3) is 16.8 Å². The molecule has 4 aromatic rings. The molecule has 0 atom stereocenters. The van der Waals surface area contributed by atoms with E-state index in [1.165, 1.54) is 10.8 Å². The lowest BCUT2D eigenvalue weighted by Gasteiger charge is -2.12. The average molecular weight is 495 g/mol. The first kappa shape index (κ1) is 23.4. The number of hydrogen-bond donors (Lipinski definition) is 1. The summed E-state index contributed by atoms with van der Waals surface area (Å²) in [6.45, 7) is 0.104. The van der Waals surface area contributed by atoms with Crippen LogP contribution < -0.4 is 10.1 Å². The van der Waals surface area contributed by atoms with Crippen molar-refractivity contribution in [1.82, 2.24) is 4.90 Å². The average Bonchev–Trinajstić information content (AvgIpc) is 3.16. The number of fused-ring (bicyclic) bond motifs is 1. The molecule has 3 amide bonds. The van der Waals surface area contributed by atoms with Gasteiger partial charge in [-0.2, -0.15) is 0 Å². The molecular weight excluding hydrogens is 472 g/mol. The lowest BCUT2D eigenvalue weighted by molar-refractivity contribution is -0.127. The molecule has 7 heteroatoms. The molecule has 1 N–H and O–H groups in total. The molecule has 0 aliphatic carbocycles. The number of nitrogens with one attached hydrogen (secondary N) is 1. The first-order valence-corrected chi connectivity index (χ1v) is 12.2. The van der Waals surface area contributed by atoms with Gasteiger partial charge in [-0.3, -0.25) is 19.3 Å². The molecule has 1 saturated heterocycles. The van der Waals surface area contributed by atoms with Gasteiger partial charge in [0.1, 0.15) is 18.9 Å².